The molecule has 1 spiro atoms. The van der Waals surface area contributed by atoms with Crippen LogP contribution in [0.1, 0.15) is 107 Å². The molecule has 0 bridgehead atoms. The summed E-state index contributed by atoms with van der Waals surface area (Å²) in [6.45, 7) is 13.8. The molecule has 0 N–H and O–H groups in total. The van der Waals surface area contributed by atoms with Gasteiger partial charge in [-0.05, 0) is 113 Å². The van der Waals surface area contributed by atoms with Crippen LogP contribution in [0.15, 0.2) is 97.1 Å². The number of hydrogen-bond acceptors (Lipinski definition) is 0. The molecule has 1 fully saturated rings. The highest BCUT2D eigenvalue weighted by atomic mass is 14.5. The Kier molecular flexibility index (Phi) is 5.77. The molecule has 228 valence electrons. The van der Waals surface area contributed by atoms with Crippen LogP contribution in [-0.4, -0.2) is 0 Å². The van der Waals surface area contributed by atoms with E-state index in [0.29, 0.717) is 0 Å². The van der Waals surface area contributed by atoms with Crippen molar-refractivity contribution in [2.45, 2.75) is 89.9 Å². The molecular formula is C46H44. The molecule has 0 amide bonds. The Bertz CT molecular complexity index is 2090. The molecular weight excluding hydrogens is 553 g/mol. The van der Waals surface area contributed by atoms with E-state index in [1.165, 1.54) is 109 Å². The fraction of sp³-hybridized carbons (Fsp3) is 0.304. The van der Waals surface area contributed by atoms with Crippen LogP contribution in [0.25, 0.3) is 54.9 Å². The van der Waals surface area contributed by atoms with Gasteiger partial charge in [-0.1, -0.05) is 146 Å². The lowest BCUT2D eigenvalue weighted by Crippen LogP contribution is -2.29. The minimum absolute atomic E-state index is 0.0179. The summed E-state index contributed by atoms with van der Waals surface area (Å²) in [5, 5.41) is 5.45. The minimum atomic E-state index is -0.0179. The molecule has 0 aromatic heterocycles. The Morgan fingerprint density at radius 1 is 0.413 bits per heavy atom. The summed E-state index contributed by atoms with van der Waals surface area (Å²) in [5.74, 6) is 0. The van der Waals surface area contributed by atoms with Crippen LogP contribution in [-0.2, 0) is 16.2 Å². The smallest absolute Gasteiger partial charge is 0.0215 e. The van der Waals surface area contributed by atoms with Crippen molar-refractivity contribution < 1.29 is 0 Å². The van der Waals surface area contributed by atoms with Gasteiger partial charge in [0.15, 0.2) is 0 Å². The Hall–Kier alpha value is -4.16. The molecule has 0 heteroatoms. The van der Waals surface area contributed by atoms with Gasteiger partial charge in [0.2, 0.25) is 0 Å². The first kappa shape index (κ1) is 28.1. The molecule has 6 aromatic carbocycles. The molecule has 0 radical (unpaired) electrons. The molecule has 0 nitrogen and oxygen atoms in total. The van der Waals surface area contributed by atoms with E-state index in [0.717, 1.165) is 0 Å². The third-order valence-corrected chi connectivity index (χ3v) is 12.4. The van der Waals surface area contributed by atoms with Crippen molar-refractivity contribution in [3.63, 3.8) is 0 Å². The first-order valence-electron chi connectivity index (χ1n) is 17.7. The monoisotopic (exact) mass is 596 g/mol. The number of fused-ring (bicyclic) bond motifs is 15. The van der Waals surface area contributed by atoms with Gasteiger partial charge >= 0.3 is 0 Å². The van der Waals surface area contributed by atoms with E-state index in [4.69, 9.17) is 0 Å². The normalized spacial score (nSPS) is 18.3. The van der Waals surface area contributed by atoms with Crippen LogP contribution < -0.4 is 0 Å². The third-order valence-electron chi connectivity index (χ3n) is 12.4. The van der Waals surface area contributed by atoms with Crippen molar-refractivity contribution in [3.05, 3.63) is 130 Å². The summed E-state index contributed by atoms with van der Waals surface area (Å²) in [6.07, 6.45) is 6.51. The summed E-state index contributed by atoms with van der Waals surface area (Å²) >= 11 is 0. The zero-order valence-corrected chi connectivity index (χ0v) is 28.3. The predicted molar refractivity (Wildman–Crippen MR) is 197 cm³/mol. The summed E-state index contributed by atoms with van der Waals surface area (Å²) in [4.78, 5) is 0. The van der Waals surface area contributed by atoms with Gasteiger partial charge in [0.05, 0.1) is 0 Å². The van der Waals surface area contributed by atoms with Crippen molar-refractivity contribution in [2.75, 3.05) is 0 Å². The van der Waals surface area contributed by atoms with Gasteiger partial charge in [0.25, 0.3) is 0 Å². The Morgan fingerprint density at radius 3 is 1.30 bits per heavy atom. The molecule has 0 heterocycles. The lowest BCUT2D eigenvalue weighted by atomic mass is 9.66. The van der Waals surface area contributed by atoms with Gasteiger partial charge in [-0.15, -0.1) is 0 Å². The average molecular weight is 597 g/mol. The number of rotatable bonds is 0. The van der Waals surface area contributed by atoms with Crippen LogP contribution in [0.3, 0.4) is 0 Å². The van der Waals surface area contributed by atoms with Gasteiger partial charge in [0, 0.05) is 16.2 Å². The van der Waals surface area contributed by atoms with Crippen LogP contribution in [0.2, 0.25) is 0 Å². The number of benzene rings is 6. The standard InChI is InChI=1S/C44H38.C2H6/c1-42(2)34-18-16-26-12-6-8-14-28(26)40(34)32-22-30-31-23-33-37(25-39(31)44(20-10-5-11-21-44)38(30)24-36(32)42)43(3,4)35-19-17-27-13-7-9-15-29(27)41(33)35;1-2/h6-9,12-19,22-25H,5,10-11,20-21H2,1-4H3;1-2H3. The maximum absolute atomic E-state index is 2.68. The average Bonchev–Trinajstić information content (AvgIpc) is 3.58. The quantitative estimate of drug-likeness (QED) is 0.164. The highest BCUT2D eigenvalue weighted by Gasteiger charge is 2.49. The lowest BCUT2D eigenvalue weighted by Gasteiger charge is -2.37. The Labute approximate surface area is 274 Å². The molecule has 6 aromatic rings. The van der Waals surface area contributed by atoms with Crippen molar-refractivity contribution in [2.24, 2.45) is 0 Å². The van der Waals surface area contributed by atoms with Gasteiger partial charge in [-0.25, -0.2) is 0 Å². The first-order chi connectivity index (χ1) is 22.3. The SMILES string of the molecule is CC.CC1(C)c2cc3c(cc2-c2c1ccc1ccccc21)-c1cc2c(cc1C31CCCCC1)C(C)(C)c1ccc3ccccc3c1-2. The number of hydrogen-bond donors (Lipinski definition) is 0. The third kappa shape index (κ3) is 3.36. The summed E-state index contributed by atoms with van der Waals surface area (Å²) < 4.78 is 0. The largest absolute Gasteiger partial charge is 0.0683 e. The Morgan fingerprint density at radius 2 is 0.848 bits per heavy atom. The second-order valence-electron chi connectivity index (χ2n) is 15.2. The van der Waals surface area contributed by atoms with Gasteiger partial charge in [-0.3, -0.25) is 0 Å². The molecule has 0 unspecified atom stereocenters. The van der Waals surface area contributed by atoms with E-state index >= 15 is 0 Å². The summed E-state index contributed by atoms with van der Waals surface area (Å²) in [5.41, 5.74) is 18.1. The van der Waals surface area contributed by atoms with E-state index in [2.05, 4.69) is 125 Å². The van der Waals surface area contributed by atoms with Crippen LogP contribution in [0, 0.1) is 0 Å². The van der Waals surface area contributed by atoms with E-state index in [9.17, 15) is 0 Å². The maximum Gasteiger partial charge on any atom is 0.0215 e. The van der Waals surface area contributed by atoms with Crippen molar-refractivity contribution >= 4 is 21.5 Å². The van der Waals surface area contributed by atoms with Gasteiger partial charge in [-0.2, -0.15) is 0 Å². The van der Waals surface area contributed by atoms with E-state index in [-0.39, 0.29) is 16.2 Å². The fourth-order valence-electron chi connectivity index (χ4n) is 10.2. The zero-order valence-electron chi connectivity index (χ0n) is 28.3. The van der Waals surface area contributed by atoms with E-state index < -0.39 is 0 Å². The lowest BCUT2D eigenvalue weighted by molar-refractivity contribution is 0.352. The topological polar surface area (TPSA) is 0 Å². The molecule has 46 heavy (non-hydrogen) atoms. The van der Waals surface area contributed by atoms with Crippen molar-refractivity contribution in [3.8, 4) is 33.4 Å². The molecule has 1 saturated carbocycles. The van der Waals surface area contributed by atoms with Gasteiger partial charge < -0.3 is 0 Å². The predicted octanol–water partition coefficient (Wildman–Crippen LogP) is 12.9. The van der Waals surface area contributed by atoms with Gasteiger partial charge in [0.1, 0.15) is 0 Å². The maximum atomic E-state index is 2.68. The molecule has 4 aliphatic rings. The highest BCUT2D eigenvalue weighted by Crippen LogP contribution is 2.63. The molecule has 4 aliphatic carbocycles. The second kappa shape index (κ2) is 9.45. The summed E-state index contributed by atoms with van der Waals surface area (Å²) in [6, 6.07) is 38.1. The zero-order chi connectivity index (χ0) is 31.6. The molecule has 0 saturated heterocycles. The van der Waals surface area contributed by atoms with Crippen LogP contribution >= 0.6 is 0 Å². The Balaban J connectivity index is 0.00000143. The van der Waals surface area contributed by atoms with Crippen LogP contribution in [0.4, 0.5) is 0 Å². The molecule has 0 aliphatic heterocycles. The van der Waals surface area contributed by atoms with E-state index in [1.807, 2.05) is 13.8 Å². The highest BCUT2D eigenvalue weighted by molar-refractivity contribution is 6.06. The first-order valence-corrected chi connectivity index (χ1v) is 17.7. The molecule has 0 atom stereocenters. The van der Waals surface area contributed by atoms with E-state index in [1.54, 1.807) is 11.1 Å². The van der Waals surface area contributed by atoms with Crippen molar-refractivity contribution in [1.82, 2.24) is 0 Å². The van der Waals surface area contributed by atoms with Crippen molar-refractivity contribution in [1.29, 1.82) is 0 Å². The summed E-state index contributed by atoms with van der Waals surface area (Å²) in [7, 11) is 0. The van der Waals surface area contributed by atoms with Crippen LogP contribution in [0.5, 0.6) is 0 Å². The minimum Gasteiger partial charge on any atom is -0.0683 e. The second-order valence-corrected chi connectivity index (χ2v) is 15.2. The molecule has 10 rings (SSSR count). The fourth-order valence-corrected chi connectivity index (χ4v) is 10.2.